The number of nitrogens with zero attached hydrogens (tertiary/aromatic N) is 3. The summed E-state index contributed by atoms with van der Waals surface area (Å²) in [5, 5.41) is 6.55. The number of rotatable bonds is 5. The molecule has 0 saturated carbocycles. The SMILES string of the molecule is CCN([C@@H](C)c1ccc(F)cc1)S(=O)(=O)c1[nH]nc2cccnc12. The molecule has 0 amide bonds. The molecule has 0 aliphatic carbocycles. The number of aromatic amines is 1. The van der Waals surface area contributed by atoms with E-state index in [4.69, 9.17) is 0 Å². The highest BCUT2D eigenvalue weighted by atomic mass is 32.2. The van der Waals surface area contributed by atoms with Crippen molar-refractivity contribution in [1.29, 1.82) is 0 Å². The maximum absolute atomic E-state index is 13.1. The molecule has 0 aliphatic rings. The van der Waals surface area contributed by atoms with Gasteiger partial charge in [-0.25, -0.2) is 12.8 Å². The van der Waals surface area contributed by atoms with Gasteiger partial charge in [-0.15, -0.1) is 0 Å². The molecular formula is C16H17FN4O2S. The van der Waals surface area contributed by atoms with E-state index in [1.807, 2.05) is 0 Å². The molecule has 126 valence electrons. The third kappa shape index (κ3) is 2.78. The maximum Gasteiger partial charge on any atom is 0.262 e. The number of pyridine rings is 1. The Labute approximate surface area is 139 Å². The van der Waals surface area contributed by atoms with Crippen molar-refractivity contribution >= 4 is 21.1 Å². The third-order valence-corrected chi connectivity index (χ3v) is 5.93. The number of aromatic nitrogens is 3. The van der Waals surface area contributed by atoms with E-state index in [-0.39, 0.29) is 17.4 Å². The number of sulfonamides is 1. The minimum Gasteiger partial charge on any atom is -0.264 e. The van der Waals surface area contributed by atoms with E-state index < -0.39 is 16.1 Å². The quantitative estimate of drug-likeness (QED) is 0.769. The summed E-state index contributed by atoms with van der Waals surface area (Å²) in [5.41, 5.74) is 1.50. The lowest BCUT2D eigenvalue weighted by Gasteiger charge is -2.26. The summed E-state index contributed by atoms with van der Waals surface area (Å²) >= 11 is 0. The molecule has 0 bridgehead atoms. The number of hydrogen-bond donors (Lipinski definition) is 1. The van der Waals surface area contributed by atoms with Crippen LogP contribution in [-0.4, -0.2) is 34.4 Å². The lowest BCUT2D eigenvalue weighted by Crippen LogP contribution is -2.34. The first-order valence-corrected chi connectivity index (χ1v) is 8.95. The molecule has 0 spiro atoms. The highest BCUT2D eigenvalue weighted by Crippen LogP contribution is 2.29. The molecule has 0 saturated heterocycles. The molecule has 0 radical (unpaired) electrons. The Morgan fingerprint density at radius 1 is 1.25 bits per heavy atom. The van der Waals surface area contributed by atoms with Gasteiger partial charge in [-0.3, -0.25) is 10.1 Å². The van der Waals surface area contributed by atoms with E-state index in [9.17, 15) is 12.8 Å². The first kappa shape index (κ1) is 16.5. The Morgan fingerprint density at radius 2 is 1.96 bits per heavy atom. The van der Waals surface area contributed by atoms with Gasteiger partial charge in [0.25, 0.3) is 10.0 Å². The number of nitrogens with one attached hydrogen (secondary N) is 1. The lowest BCUT2D eigenvalue weighted by atomic mass is 10.1. The molecule has 1 N–H and O–H groups in total. The highest BCUT2D eigenvalue weighted by molar-refractivity contribution is 7.89. The van der Waals surface area contributed by atoms with Crippen molar-refractivity contribution in [2.75, 3.05) is 6.54 Å². The van der Waals surface area contributed by atoms with Crippen LogP contribution in [0.25, 0.3) is 11.0 Å². The Kier molecular flexibility index (Phi) is 4.33. The first-order valence-electron chi connectivity index (χ1n) is 7.51. The van der Waals surface area contributed by atoms with Crippen molar-refractivity contribution in [3.05, 3.63) is 54.0 Å². The number of H-pyrrole nitrogens is 1. The lowest BCUT2D eigenvalue weighted by molar-refractivity contribution is 0.355. The second-order valence-corrected chi connectivity index (χ2v) is 7.19. The predicted octanol–water partition coefficient (Wildman–Crippen LogP) is 2.87. The molecule has 0 fully saturated rings. The van der Waals surface area contributed by atoms with Gasteiger partial charge >= 0.3 is 0 Å². The molecule has 3 rings (SSSR count). The summed E-state index contributed by atoms with van der Waals surface area (Å²) in [5.74, 6) is -0.361. The van der Waals surface area contributed by atoms with E-state index in [2.05, 4.69) is 15.2 Å². The molecule has 3 aromatic rings. The van der Waals surface area contributed by atoms with Crippen LogP contribution in [0.5, 0.6) is 0 Å². The fraction of sp³-hybridized carbons (Fsp3) is 0.250. The minimum absolute atomic E-state index is 0.0334. The van der Waals surface area contributed by atoms with Crippen LogP contribution < -0.4 is 0 Å². The summed E-state index contributed by atoms with van der Waals surface area (Å²) in [4.78, 5) is 4.12. The van der Waals surface area contributed by atoms with Crippen molar-refractivity contribution < 1.29 is 12.8 Å². The van der Waals surface area contributed by atoms with E-state index in [1.54, 1.807) is 38.1 Å². The molecule has 2 heterocycles. The monoisotopic (exact) mass is 348 g/mol. The Hall–Kier alpha value is -2.32. The van der Waals surface area contributed by atoms with Crippen LogP contribution in [0, 0.1) is 5.82 Å². The summed E-state index contributed by atoms with van der Waals surface area (Å²) in [6, 6.07) is 8.74. The summed E-state index contributed by atoms with van der Waals surface area (Å²) in [6.07, 6.45) is 1.52. The zero-order valence-corrected chi connectivity index (χ0v) is 14.1. The third-order valence-electron chi connectivity index (χ3n) is 3.94. The van der Waals surface area contributed by atoms with E-state index in [0.29, 0.717) is 16.6 Å². The first-order chi connectivity index (χ1) is 11.4. The smallest absolute Gasteiger partial charge is 0.262 e. The number of hydrogen-bond acceptors (Lipinski definition) is 4. The van der Waals surface area contributed by atoms with Gasteiger partial charge in [0.1, 0.15) is 16.9 Å². The number of benzene rings is 1. The normalized spacial score (nSPS) is 13.5. The maximum atomic E-state index is 13.1. The van der Waals surface area contributed by atoms with E-state index in [0.717, 1.165) is 0 Å². The van der Waals surface area contributed by atoms with Gasteiger partial charge < -0.3 is 0 Å². The van der Waals surface area contributed by atoms with Crippen LogP contribution in [0.4, 0.5) is 4.39 Å². The van der Waals surface area contributed by atoms with Crippen molar-refractivity contribution in [2.24, 2.45) is 0 Å². The summed E-state index contributed by atoms with van der Waals surface area (Å²) < 4.78 is 40.6. The van der Waals surface area contributed by atoms with Gasteiger partial charge in [0.2, 0.25) is 0 Å². The molecular weight excluding hydrogens is 331 g/mol. The Morgan fingerprint density at radius 3 is 2.62 bits per heavy atom. The molecule has 8 heteroatoms. The number of halogens is 1. The molecule has 0 unspecified atom stereocenters. The zero-order chi connectivity index (χ0) is 17.3. The van der Waals surface area contributed by atoms with E-state index in [1.165, 1.54) is 22.6 Å². The summed E-state index contributed by atoms with van der Waals surface area (Å²) in [7, 11) is -3.83. The van der Waals surface area contributed by atoms with Gasteiger partial charge in [-0.05, 0) is 36.8 Å². The number of fused-ring (bicyclic) bond motifs is 1. The minimum atomic E-state index is -3.83. The average Bonchev–Trinajstić information content (AvgIpc) is 3.00. The van der Waals surface area contributed by atoms with Gasteiger partial charge in [-0.1, -0.05) is 19.1 Å². The van der Waals surface area contributed by atoms with Crippen molar-refractivity contribution in [3.63, 3.8) is 0 Å². The Balaban J connectivity index is 2.04. The molecule has 1 aromatic carbocycles. The average molecular weight is 348 g/mol. The van der Waals surface area contributed by atoms with Crippen LogP contribution in [0.3, 0.4) is 0 Å². The van der Waals surface area contributed by atoms with Gasteiger partial charge in [0.15, 0.2) is 5.03 Å². The van der Waals surface area contributed by atoms with Gasteiger partial charge in [0.05, 0.1) is 0 Å². The fourth-order valence-electron chi connectivity index (χ4n) is 2.68. The van der Waals surface area contributed by atoms with Crippen LogP contribution in [-0.2, 0) is 10.0 Å². The predicted molar refractivity (Wildman–Crippen MR) is 88.3 cm³/mol. The van der Waals surface area contributed by atoms with Crippen molar-refractivity contribution in [2.45, 2.75) is 24.9 Å². The van der Waals surface area contributed by atoms with Gasteiger partial charge in [0, 0.05) is 18.8 Å². The van der Waals surface area contributed by atoms with Crippen LogP contribution in [0.15, 0.2) is 47.6 Å². The van der Waals surface area contributed by atoms with Crippen LogP contribution in [0.1, 0.15) is 25.5 Å². The van der Waals surface area contributed by atoms with Gasteiger partial charge in [-0.2, -0.15) is 9.40 Å². The van der Waals surface area contributed by atoms with Crippen molar-refractivity contribution in [1.82, 2.24) is 19.5 Å². The topological polar surface area (TPSA) is 79.0 Å². The van der Waals surface area contributed by atoms with Crippen molar-refractivity contribution in [3.8, 4) is 0 Å². The molecule has 1 atom stereocenters. The second-order valence-electron chi connectivity index (χ2n) is 5.36. The Bertz CT molecular complexity index is 954. The highest BCUT2D eigenvalue weighted by Gasteiger charge is 2.32. The largest absolute Gasteiger partial charge is 0.264 e. The van der Waals surface area contributed by atoms with E-state index >= 15 is 0 Å². The molecule has 0 aliphatic heterocycles. The summed E-state index contributed by atoms with van der Waals surface area (Å²) in [6.45, 7) is 3.78. The van der Waals surface area contributed by atoms with Crippen LogP contribution >= 0.6 is 0 Å². The zero-order valence-electron chi connectivity index (χ0n) is 13.3. The standard InChI is InChI=1S/C16H17FN4O2S/c1-3-21(11(2)12-6-8-13(17)9-7-12)24(22,23)16-15-14(19-20-16)5-4-10-18-15/h4-11H,3H2,1-2H3,(H,19,20)/t11-/m0/s1. The second kappa shape index (κ2) is 6.29. The molecule has 2 aromatic heterocycles. The van der Waals surface area contributed by atoms with Crippen LogP contribution in [0.2, 0.25) is 0 Å². The molecule has 6 nitrogen and oxygen atoms in total. The molecule has 24 heavy (non-hydrogen) atoms. The fourth-order valence-corrected chi connectivity index (χ4v) is 4.36.